The molecule has 35 heavy (non-hydrogen) atoms. The van der Waals surface area contributed by atoms with Crippen molar-refractivity contribution in [3.05, 3.63) is 93.3 Å². The second-order valence-electron chi connectivity index (χ2n) is 9.46. The number of carbonyl (C=O) groups excluding carboxylic acids is 2. The Morgan fingerprint density at radius 1 is 1.00 bits per heavy atom. The SMILES string of the molecule is Cc1ccccc1C(=O)N/C(=C\c1cccs1)C(=O)N[C@H]1CC2(CCCCC2)Oc2ccccc21. The first-order valence-electron chi connectivity index (χ1n) is 12.2. The normalized spacial score (nSPS) is 18.9. The minimum Gasteiger partial charge on any atom is -0.487 e. The van der Waals surface area contributed by atoms with Crippen LogP contribution in [0.15, 0.2) is 71.7 Å². The molecule has 2 aliphatic rings. The largest absolute Gasteiger partial charge is 0.487 e. The van der Waals surface area contributed by atoms with E-state index in [-0.39, 0.29) is 29.2 Å². The van der Waals surface area contributed by atoms with Crippen LogP contribution in [-0.2, 0) is 4.79 Å². The van der Waals surface area contributed by atoms with Crippen LogP contribution in [0, 0.1) is 6.92 Å². The van der Waals surface area contributed by atoms with Gasteiger partial charge in [0.15, 0.2) is 0 Å². The monoisotopic (exact) mass is 486 g/mol. The molecule has 5 nitrogen and oxygen atoms in total. The average molecular weight is 487 g/mol. The van der Waals surface area contributed by atoms with Gasteiger partial charge in [-0.2, -0.15) is 0 Å². The van der Waals surface area contributed by atoms with Gasteiger partial charge in [-0.25, -0.2) is 0 Å². The van der Waals surface area contributed by atoms with Gasteiger partial charge >= 0.3 is 0 Å². The van der Waals surface area contributed by atoms with E-state index in [4.69, 9.17) is 4.74 Å². The third-order valence-corrected chi connectivity index (χ3v) is 7.80. The standard InChI is InChI=1S/C29H30N2O3S/c1-20-10-3-4-12-22(20)27(32)30-24(18-21-11-9-17-35-21)28(33)31-25-19-29(15-7-2-8-16-29)34-26-14-6-5-13-23(25)26/h3-6,9-14,17-18,25H,2,7-8,15-16,19H2,1H3,(H,30,32)(H,31,33)/b24-18-/t25-/m0/s1. The lowest BCUT2D eigenvalue weighted by Crippen LogP contribution is -2.47. The number of carbonyl (C=O) groups is 2. The number of aryl methyl sites for hydroxylation is 1. The molecule has 0 bridgehead atoms. The highest BCUT2D eigenvalue weighted by atomic mass is 32.1. The highest BCUT2D eigenvalue weighted by molar-refractivity contribution is 7.10. The molecular weight excluding hydrogens is 456 g/mol. The summed E-state index contributed by atoms with van der Waals surface area (Å²) in [6.45, 7) is 1.89. The molecule has 5 rings (SSSR count). The van der Waals surface area contributed by atoms with E-state index in [0.717, 1.165) is 53.9 Å². The van der Waals surface area contributed by atoms with Crippen molar-refractivity contribution in [1.29, 1.82) is 0 Å². The third kappa shape index (κ3) is 5.17. The Labute approximate surface area is 210 Å². The average Bonchev–Trinajstić information content (AvgIpc) is 3.37. The van der Waals surface area contributed by atoms with E-state index in [9.17, 15) is 9.59 Å². The molecule has 1 aliphatic carbocycles. The Morgan fingerprint density at radius 2 is 1.77 bits per heavy atom. The molecule has 1 fully saturated rings. The predicted molar refractivity (Wildman–Crippen MR) is 139 cm³/mol. The number of benzene rings is 2. The molecule has 1 aliphatic heterocycles. The van der Waals surface area contributed by atoms with Crippen molar-refractivity contribution in [2.24, 2.45) is 0 Å². The Balaban J connectivity index is 1.42. The molecule has 2 aromatic carbocycles. The lowest BCUT2D eigenvalue weighted by molar-refractivity contribution is -0.119. The van der Waals surface area contributed by atoms with E-state index in [0.29, 0.717) is 5.56 Å². The molecule has 0 radical (unpaired) electrons. The zero-order valence-electron chi connectivity index (χ0n) is 19.9. The van der Waals surface area contributed by atoms with E-state index in [2.05, 4.69) is 10.6 Å². The van der Waals surface area contributed by atoms with Gasteiger partial charge in [0, 0.05) is 22.4 Å². The first-order chi connectivity index (χ1) is 17.0. The van der Waals surface area contributed by atoms with Gasteiger partial charge in [0.05, 0.1) is 6.04 Å². The van der Waals surface area contributed by atoms with Gasteiger partial charge in [0.1, 0.15) is 17.0 Å². The highest BCUT2D eigenvalue weighted by Crippen LogP contribution is 2.46. The number of hydrogen-bond acceptors (Lipinski definition) is 4. The van der Waals surface area contributed by atoms with Crippen molar-refractivity contribution in [2.45, 2.75) is 57.1 Å². The van der Waals surface area contributed by atoms with Gasteiger partial charge in [-0.3, -0.25) is 9.59 Å². The van der Waals surface area contributed by atoms with E-state index < -0.39 is 0 Å². The second-order valence-corrected chi connectivity index (χ2v) is 10.4. The summed E-state index contributed by atoms with van der Waals surface area (Å²) in [7, 11) is 0. The van der Waals surface area contributed by atoms with Crippen LogP contribution in [0.4, 0.5) is 0 Å². The number of rotatable bonds is 5. The maximum absolute atomic E-state index is 13.6. The van der Waals surface area contributed by atoms with Gasteiger partial charge in [-0.1, -0.05) is 48.9 Å². The summed E-state index contributed by atoms with van der Waals surface area (Å²) < 4.78 is 6.52. The number of fused-ring (bicyclic) bond motifs is 1. The van der Waals surface area contributed by atoms with Crippen molar-refractivity contribution in [3.63, 3.8) is 0 Å². The summed E-state index contributed by atoms with van der Waals surface area (Å²) in [6.07, 6.45) is 7.97. The van der Waals surface area contributed by atoms with Crippen LogP contribution in [0.2, 0.25) is 0 Å². The maximum Gasteiger partial charge on any atom is 0.268 e. The molecule has 0 saturated heterocycles. The molecule has 1 aromatic heterocycles. The number of ether oxygens (including phenoxy) is 1. The maximum atomic E-state index is 13.6. The first kappa shape index (κ1) is 23.4. The quantitative estimate of drug-likeness (QED) is 0.424. The minimum atomic E-state index is -0.298. The molecule has 1 spiro atoms. The summed E-state index contributed by atoms with van der Waals surface area (Å²) in [5.41, 5.74) is 2.39. The smallest absolute Gasteiger partial charge is 0.268 e. The van der Waals surface area contributed by atoms with Gasteiger partial charge < -0.3 is 15.4 Å². The Hall–Kier alpha value is -3.38. The van der Waals surface area contributed by atoms with Crippen LogP contribution in [0.5, 0.6) is 5.75 Å². The summed E-state index contributed by atoms with van der Waals surface area (Å²) in [6, 6.07) is 19.0. The molecule has 1 atom stereocenters. The second kappa shape index (κ2) is 10.1. The molecule has 2 N–H and O–H groups in total. The number of para-hydroxylation sites is 1. The van der Waals surface area contributed by atoms with Gasteiger partial charge in [0.2, 0.25) is 0 Å². The first-order valence-corrected chi connectivity index (χ1v) is 13.1. The minimum absolute atomic E-state index is 0.187. The molecule has 6 heteroatoms. The topological polar surface area (TPSA) is 67.4 Å². The van der Waals surface area contributed by atoms with Gasteiger partial charge in [-0.15, -0.1) is 11.3 Å². The van der Waals surface area contributed by atoms with Crippen molar-refractivity contribution in [1.82, 2.24) is 10.6 Å². The number of thiophene rings is 1. The Morgan fingerprint density at radius 3 is 2.54 bits per heavy atom. The van der Waals surface area contributed by atoms with Crippen LogP contribution < -0.4 is 15.4 Å². The van der Waals surface area contributed by atoms with Gasteiger partial charge in [0.25, 0.3) is 11.8 Å². The Kier molecular flexibility index (Phi) is 6.73. The fourth-order valence-corrected chi connectivity index (χ4v) is 5.83. The number of nitrogens with one attached hydrogen (secondary N) is 2. The lowest BCUT2D eigenvalue weighted by Gasteiger charge is -2.44. The fraction of sp³-hybridized carbons (Fsp3) is 0.310. The zero-order chi connectivity index (χ0) is 24.3. The molecular formula is C29H30N2O3S. The van der Waals surface area contributed by atoms with Gasteiger partial charge in [-0.05, 0) is 67.8 Å². The van der Waals surface area contributed by atoms with Crippen molar-refractivity contribution < 1.29 is 14.3 Å². The fourth-order valence-electron chi connectivity index (χ4n) is 5.18. The van der Waals surface area contributed by atoms with Crippen LogP contribution in [-0.4, -0.2) is 17.4 Å². The summed E-state index contributed by atoms with van der Waals surface area (Å²) in [5.74, 6) is 0.254. The summed E-state index contributed by atoms with van der Waals surface area (Å²) in [4.78, 5) is 27.6. The van der Waals surface area contributed by atoms with E-state index in [1.807, 2.05) is 66.9 Å². The zero-order valence-corrected chi connectivity index (χ0v) is 20.7. The van der Waals surface area contributed by atoms with Crippen LogP contribution in [0.25, 0.3) is 6.08 Å². The lowest BCUT2D eigenvalue weighted by atomic mass is 9.77. The molecule has 180 valence electrons. The van der Waals surface area contributed by atoms with Crippen molar-refractivity contribution >= 4 is 29.2 Å². The molecule has 0 unspecified atom stereocenters. The molecule has 2 heterocycles. The van der Waals surface area contributed by atoms with E-state index in [1.54, 1.807) is 12.1 Å². The van der Waals surface area contributed by atoms with Crippen molar-refractivity contribution in [2.75, 3.05) is 0 Å². The molecule has 3 aromatic rings. The van der Waals surface area contributed by atoms with E-state index >= 15 is 0 Å². The highest BCUT2D eigenvalue weighted by Gasteiger charge is 2.42. The van der Waals surface area contributed by atoms with Crippen LogP contribution >= 0.6 is 11.3 Å². The predicted octanol–water partition coefficient (Wildman–Crippen LogP) is 6.17. The number of hydrogen-bond donors (Lipinski definition) is 2. The third-order valence-electron chi connectivity index (χ3n) is 6.98. The van der Waals surface area contributed by atoms with Crippen LogP contribution in [0.3, 0.4) is 0 Å². The summed E-state index contributed by atoms with van der Waals surface area (Å²) >= 11 is 1.52. The molecule has 1 saturated carbocycles. The van der Waals surface area contributed by atoms with Crippen molar-refractivity contribution in [3.8, 4) is 5.75 Å². The summed E-state index contributed by atoms with van der Waals surface area (Å²) in [5, 5.41) is 8.07. The van der Waals surface area contributed by atoms with Crippen LogP contribution in [0.1, 0.15) is 70.9 Å². The number of amides is 2. The van der Waals surface area contributed by atoms with E-state index in [1.165, 1.54) is 17.8 Å². The molecule has 2 amide bonds. The Bertz CT molecular complexity index is 1240.